The number of ketones is 1. The zero-order valence-corrected chi connectivity index (χ0v) is 20.8. The van der Waals surface area contributed by atoms with Crippen LogP contribution in [-0.2, 0) is 0 Å². The van der Waals surface area contributed by atoms with Crippen molar-refractivity contribution in [3.05, 3.63) is 77.1 Å². The zero-order valence-electron chi connectivity index (χ0n) is 19.9. The number of carbonyl (C=O) groups excluding carboxylic acids is 2. The molecule has 0 aliphatic carbocycles. The monoisotopic (exact) mass is 507 g/mol. The van der Waals surface area contributed by atoms with Crippen LogP contribution in [0.3, 0.4) is 0 Å². The number of halogens is 1. The van der Waals surface area contributed by atoms with E-state index in [9.17, 15) is 14.0 Å². The van der Waals surface area contributed by atoms with Crippen LogP contribution < -0.4 is 19.2 Å². The Morgan fingerprint density at radius 2 is 1.58 bits per heavy atom. The van der Waals surface area contributed by atoms with Gasteiger partial charge >= 0.3 is 0 Å². The van der Waals surface area contributed by atoms with E-state index in [1.807, 2.05) is 0 Å². The molecular weight excluding hydrogens is 485 g/mol. The second-order valence-corrected chi connectivity index (χ2v) is 8.57. The van der Waals surface area contributed by atoms with E-state index in [2.05, 4.69) is 10.1 Å². The number of anilines is 1. The number of methoxy groups -OCH3 is 3. The average Bonchev–Trinajstić information content (AvgIpc) is 3.30. The first-order chi connectivity index (χ1) is 17.3. The Kier molecular flexibility index (Phi) is 7.25. The van der Waals surface area contributed by atoms with Crippen molar-refractivity contribution in [1.29, 1.82) is 0 Å². The van der Waals surface area contributed by atoms with Crippen LogP contribution in [0.5, 0.6) is 17.2 Å². The number of rotatable bonds is 8. The normalized spacial score (nSPS) is 11.0. The van der Waals surface area contributed by atoms with E-state index in [1.54, 1.807) is 36.4 Å². The number of hydrogen-bond acceptors (Lipinski definition) is 8. The molecule has 0 aliphatic heterocycles. The Labute approximate surface area is 210 Å². The van der Waals surface area contributed by atoms with Gasteiger partial charge in [0.25, 0.3) is 5.91 Å². The molecule has 184 valence electrons. The molecule has 1 aromatic heterocycles. The van der Waals surface area contributed by atoms with Crippen molar-refractivity contribution in [1.82, 2.24) is 4.98 Å². The van der Waals surface area contributed by atoms with Crippen LogP contribution >= 0.6 is 11.3 Å². The molecule has 3 aromatic carbocycles. The Bertz CT molecular complexity index is 1440. The number of amides is 1. The molecule has 0 spiro atoms. The van der Waals surface area contributed by atoms with Gasteiger partial charge in [0.2, 0.25) is 10.9 Å². The molecule has 0 unspecified atom stereocenters. The maximum absolute atomic E-state index is 13.8. The summed E-state index contributed by atoms with van der Waals surface area (Å²) >= 11 is 1.12. The highest BCUT2D eigenvalue weighted by Crippen LogP contribution is 2.38. The standard InChI is InChI=1S/C26H22FN3O5S/c1-15(31)17-5-7-18(8-6-17)25(32)30(26-29-20-10-9-19(27)13-23(20)36-26)28-14-16-11-21(33-2)24(35-4)22(12-16)34-3/h5-14H,1-4H3/b28-14+. The highest BCUT2D eigenvalue weighted by Gasteiger charge is 2.22. The van der Waals surface area contributed by atoms with Gasteiger partial charge in [-0.1, -0.05) is 23.5 Å². The van der Waals surface area contributed by atoms with Crippen molar-refractivity contribution in [3.8, 4) is 17.2 Å². The highest BCUT2D eigenvalue weighted by atomic mass is 32.1. The Balaban J connectivity index is 1.78. The fourth-order valence-corrected chi connectivity index (χ4v) is 4.38. The van der Waals surface area contributed by atoms with E-state index in [0.29, 0.717) is 44.2 Å². The molecule has 4 rings (SSSR count). The van der Waals surface area contributed by atoms with Crippen molar-refractivity contribution >= 4 is 44.6 Å². The molecule has 1 heterocycles. The predicted molar refractivity (Wildman–Crippen MR) is 137 cm³/mol. The van der Waals surface area contributed by atoms with Crippen LogP contribution in [0.4, 0.5) is 9.52 Å². The van der Waals surface area contributed by atoms with E-state index in [4.69, 9.17) is 14.2 Å². The average molecular weight is 508 g/mol. The summed E-state index contributed by atoms with van der Waals surface area (Å²) in [7, 11) is 4.50. The minimum atomic E-state index is -0.478. The number of fused-ring (bicyclic) bond motifs is 1. The molecule has 0 saturated carbocycles. The second kappa shape index (κ2) is 10.5. The van der Waals surface area contributed by atoms with Crippen LogP contribution in [0.2, 0.25) is 0 Å². The van der Waals surface area contributed by atoms with Gasteiger partial charge in [0, 0.05) is 16.7 Å². The minimum absolute atomic E-state index is 0.112. The molecule has 1 amide bonds. The third-order valence-electron chi connectivity index (χ3n) is 5.26. The number of thiazole rings is 1. The van der Waals surface area contributed by atoms with Gasteiger partial charge in [0.05, 0.1) is 37.8 Å². The lowest BCUT2D eigenvalue weighted by atomic mass is 10.1. The second-order valence-electron chi connectivity index (χ2n) is 7.56. The topological polar surface area (TPSA) is 90.3 Å². The van der Waals surface area contributed by atoms with Gasteiger partial charge in [0.15, 0.2) is 17.3 Å². The summed E-state index contributed by atoms with van der Waals surface area (Å²) in [5, 5.41) is 5.80. The van der Waals surface area contributed by atoms with Crippen LogP contribution in [0.15, 0.2) is 59.7 Å². The minimum Gasteiger partial charge on any atom is -0.493 e. The molecule has 0 fully saturated rings. The summed E-state index contributed by atoms with van der Waals surface area (Å²) in [6, 6.07) is 13.8. The molecule has 8 nitrogen and oxygen atoms in total. The Morgan fingerprint density at radius 3 is 2.17 bits per heavy atom. The molecule has 0 radical (unpaired) electrons. The summed E-state index contributed by atoms with van der Waals surface area (Å²) in [6.07, 6.45) is 1.46. The lowest BCUT2D eigenvalue weighted by Crippen LogP contribution is -2.25. The lowest BCUT2D eigenvalue weighted by molar-refractivity contribution is 0.0983. The first-order valence-electron chi connectivity index (χ1n) is 10.7. The maximum Gasteiger partial charge on any atom is 0.280 e. The number of nitrogens with zero attached hydrogens (tertiary/aromatic N) is 3. The molecule has 0 saturated heterocycles. The summed E-state index contributed by atoms with van der Waals surface area (Å²) in [4.78, 5) is 29.6. The first kappa shape index (κ1) is 24.8. The molecule has 4 aromatic rings. The van der Waals surface area contributed by atoms with Crippen molar-refractivity contribution in [2.45, 2.75) is 6.92 Å². The van der Waals surface area contributed by atoms with Crippen LogP contribution in [-0.4, -0.2) is 44.2 Å². The number of hydrazone groups is 1. The van der Waals surface area contributed by atoms with E-state index >= 15 is 0 Å². The summed E-state index contributed by atoms with van der Waals surface area (Å²) in [6.45, 7) is 1.45. The molecule has 36 heavy (non-hydrogen) atoms. The summed E-state index contributed by atoms with van der Waals surface area (Å²) in [5.41, 5.74) is 1.88. The van der Waals surface area contributed by atoms with Gasteiger partial charge in [-0.15, -0.1) is 0 Å². The number of benzene rings is 3. The van der Waals surface area contributed by atoms with Crippen molar-refractivity contribution in [2.75, 3.05) is 26.3 Å². The highest BCUT2D eigenvalue weighted by molar-refractivity contribution is 7.22. The molecule has 0 atom stereocenters. The van der Waals surface area contributed by atoms with Crippen molar-refractivity contribution < 1.29 is 28.2 Å². The number of ether oxygens (including phenoxy) is 3. The zero-order chi connectivity index (χ0) is 25.8. The SMILES string of the molecule is COc1cc(/C=N/N(C(=O)c2ccc(C(C)=O)cc2)c2nc3ccc(F)cc3s2)cc(OC)c1OC. The number of Topliss-reactive ketones (excluding diaryl/α,β-unsaturated/α-hetero) is 1. The van der Waals surface area contributed by atoms with E-state index in [1.165, 1.54) is 52.7 Å². The van der Waals surface area contributed by atoms with Gasteiger partial charge < -0.3 is 14.2 Å². The number of hydrogen-bond donors (Lipinski definition) is 0. The van der Waals surface area contributed by atoms with Crippen LogP contribution in [0.1, 0.15) is 33.2 Å². The first-order valence-corrected chi connectivity index (χ1v) is 11.5. The summed E-state index contributed by atoms with van der Waals surface area (Å²) < 4.78 is 30.5. The van der Waals surface area contributed by atoms with E-state index in [-0.39, 0.29) is 10.9 Å². The Hall–Kier alpha value is -4.31. The van der Waals surface area contributed by atoms with Crippen LogP contribution in [0.25, 0.3) is 10.2 Å². The quantitative estimate of drug-likeness (QED) is 0.182. The third-order valence-corrected chi connectivity index (χ3v) is 6.25. The number of carbonyl (C=O) groups is 2. The van der Waals surface area contributed by atoms with E-state index < -0.39 is 11.7 Å². The molecular formula is C26H22FN3O5S. The molecule has 0 bridgehead atoms. The molecule has 10 heteroatoms. The van der Waals surface area contributed by atoms with Crippen molar-refractivity contribution in [3.63, 3.8) is 0 Å². The summed E-state index contributed by atoms with van der Waals surface area (Å²) in [5.74, 6) is 0.269. The Morgan fingerprint density at radius 1 is 0.944 bits per heavy atom. The smallest absolute Gasteiger partial charge is 0.280 e. The maximum atomic E-state index is 13.8. The molecule has 0 N–H and O–H groups in total. The van der Waals surface area contributed by atoms with Gasteiger partial charge in [-0.3, -0.25) is 9.59 Å². The van der Waals surface area contributed by atoms with E-state index in [0.717, 1.165) is 16.3 Å². The largest absolute Gasteiger partial charge is 0.493 e. The lowest BCUT2D eigenvalue weighted by Gasteiger charge is -2.15. The number of aromatic nitrogens is 1. The molecule has 0 aliphatic rings. The predicted octanol–water partition coefficient (Wildman–Crippen LogP) is 5.34. The fraction of sp³-hybridized carbons (Fsp3) is 0.154. The van der Waals surface area contributed by atoms with Gasteiger partial charge in [0.1, 0.15) is 5.82 Å². The fourth-order valence-electron chi connectivity index (χ4n) is 3.44. The third kappa shape index (κ3) is 5.03. The van der Waals surface area contributed by atoms with Gasteiger partial charge in [-0.05, 0) is 49.4 Å². The van der Waals surface area contributed by atoms with Crippen LogP contribution in [0, 0.1) is 5.82 Å². The van der Waals surface area contributed by atoms with Crippen molar-refractivity contribution in [2.24, 2.45) is 5.10 Å². The van der Waals surface area contributed by atoms with Gasteiger partial charge in [-0.2, -0.15) is 10.1 Å². The van der Waals surface area contributed by atoms with Gasteiger partial charge in [-0.25, -0.2) is 9.37 Å².